The second kappa shape index (κ2) is 6.80. The van der Waals surface area contributed by atoms with Gasteiger partial charge in [-0.2, -0.15) is 4.31 Å². The molecule has 2 amide bonds. The fourth-order valence-corrected chi connectivity index (χ4v) is 6.39. The molecule has 3 aliphatic heterocycles. The Kier molecular flexibility index (Phi) is 5.09. The maximum Gasteiger partial charge on any atom is 0.319 e. The number of urea groups is 1. The van der Waals surface area contributed by atoms with E-state index in [1.54, 1.807) is 11.4 Å². The molecule has 0 aliphatic carbocycles. The van der Waals surface area contributed by atoms with Crippen LogP contribution in [-0.2, 0) is 14.8 Å². The Bertz CT molecular complexity index is 566. The maximum atomic E-state index is 12.5. The Hall–Kier alpha value is -0.860. The van der Waals surface area contributed by atoms with E-state index in [-0.39, 0.29) is 17.6 Å². The van der Waals surface area contributed by atoms with E-state index in [2.05, 4.69) is 0 Å². The fraction of sp³-hybridized carbons (Fsp3) is 0.938. The van der Waals surface area contributed by atoms with Crippen molar-refractivity contribution >= 4 is 16.1 Å². The summed E-state index contributed by atoms with van der Waals surface area (Å²) >= 11 is 0. The van der Waals surface area contributed by atoms with Crippen molar-refractivity contribution in [3.05, 3.63) is 0 Å². The van der Waals surface area contributed by atoms with Crippen LogP contribution in [0, 0.1) is 0 Å². The lowest BCUT2D eigenvalue weighted by Crippen LogP contribution is -2.58. The van der Waals surface area contributed by atoms with Crippen molar-refractivity contribution in [2.75, 3.05) is 46.2 Å². The summed E-state index contributed by atoms with van der Waals surface area (Å²) < 4.78 is 31.7. The van der Waals surface area contributed by atoms with E-state index in [1.807, 2.05) is 9.80 Å². The van der Waals surface area contributed by atoms with Gasteiger partial charge in [-0.3, -0.25) is 0 Å². The van der Waals surface area contributed by atoms with E-state index in [4.69, 9.17) is 4.74 Å². The second-order valence-electron chi connectivity index (χ2n) is 7.39. The van der Waals surface area contributed by atoms with E-state index >= 15 is 0 Å². The van der Waals surface area contributed by atoms with Crippen molar-refractivity contribution in [3.63, 3.8) is 0 Å². The van der Waals surface area contributed by atoms with Gasteiger partial charge in [0.15, 0.2) is 0 Å². The molecule has 1 spiro atoms. The number of methoxy groups -OCH3 is 1. The number of carbonyl (C=O) groups excluding carboxylic acids is 1. The molecule has 3 aliphatic rings. The van der Waals surface area contributed by atoms with E-state index in [0.29, 0.717) is 19.7 Å². The fourth-order valence-electron chi connectivity index (χ4n) is 4.71. The summed E-state index contributed by atoms with van der Waals surface area (Å²) in [5, 5.41) is 0. The lowest BCUT2D eigenvalue weighted by molar-refractivity contribution is 0.0710. The van der Waals surface area contributed by atoms with Gasteiger partial charge < -0.3 is 14.5 Å². The third-order valence-corrected chi connectivity index (χ3v) is 7.20. The van der Waals surface area contributed by atoms with Crippen molar-refractivity contribution in [1.82, 2.24) is 14.1 Å². The van der Waals surface area contributed by atoms with Gasteiger partial charge in [0, 0.05) is 44.9 Å². The lowest BCUT2D eigenvalue weighted by atomic mass is 9.86. The first-order chi connectivity index (χ1) is 11.4. The van der Waals surface area contributed by atoms with Gasteiger partial charge in [-0.15, -0.1) is 0 Å². The number of hydrogen-bond donors (Lipinski definition) is 0. The summed E-state index contributed by atoms with van der Waals surface area (Å²) in [5.41, 5.74) is -0.335. The zero-order valence-corrected chi connectivity index (χ0v) is 15.6. The second-order valence-corrected chi connectivity index (χ2v) is 9.25. The number of carbonyl (C=O) groups is 1. The van der Waals surface area contributed by atoms with Crippen LogP contribution in [0.15, 0.2) is 0 Å². The predicted octanol–water partition coefficient (Wildman–Crippen LogP) is 1.11. The minimum Gasteiger partial charge on any atom is -0.383 e. The number of amides is 2. The van der Waals surface area contributed by atoms with Gasteiger partial charge in [0.05, 0.1) is 12.9 Å². The van der Waals surface area contributed by atoms with E-state index in [1.165, 1.54) is 6.26 Å². The van der Waals surface area contributed by atoms with Gasteiger partial charge in [0.25, 0.3) is 0 Å². The summed E-state index contributed by atoms with van der Waals surface area (Å²) in [7, 11) is -1.68. The van der Waals surface area contributed by atoms with Crippen LogP contribution in [0.3, 0.4) is 0 Å². The van der Waals surface area contributed by atoms with Gasteiger partial charge >= 0.3 is 6.03 Å². The number of hydrogen-bond acceptors (Lipinski definition) is 4. The number of ether oxygens (including phenoxy) is 1. The highest BCUT2D eigenvalue weighted by atomic mass is 32.2. The number of sulfonamides is 1. The first-order valence-corrected chi connectivity index (χ1v) is 10.7. The van der Waals surface area contributed by atoms with Crippen molar-refractivity contribution < 1.29 is 17.9 Å². The third-order valence-electron chi connectivity index (χ3n) is 5.80. The number of piperidine rings is 1. The molecule has 0 aromatic heterocycles. The molecule has 0 bridgehead atoms. The van der Waals surface area contributed by atoms with Crippen molar-refractivity contribution in [2.24, 2.45) is 0 Å². The molecule has 3 rings (SSSR count). The minimum atomic E-state index is -3.30. The van der Waals surface area contributed by atoms with Gasteiger partial charge in [-0.1, -0.05) is 0 Å². The molecule has 0 saturated carbocycles. The molecule has 1 unspecified atom stereocenters. The van der Waals surface area contributed by atoms with E-state index in [0.717, 1.165) is 51.6 Å². The van der Waals surface area contributed by atoms with Crippen LogP contribution in [0.4, 0.5) is 4.79 Å². The average molecular weight is 359 g/mol. The predicted molar refractivity (Wildman–Crippen MR) is 91.3 cm³/mol. The first kappa shape index (κ1) is 17.9. The quantitative estimate of drug-likeness (QED) is 0.757. The molecule has 0 N–H and O–H groups in total. The molecule has 0 aromatic carbocycles. The largest absolute Gasteiger partial charge is 0.383 e. The molecular weight excluding hydrogens is 330 g/mol. The molecular formula is C16H29N3O4S. The molecule has 0 radical (unpaired) electrons. The molecule has 1 atom stereocenters. The average Bonchev–Trinajstić information content (AvgIpc) is 3.16. The van der Waals surface area contributed by atoms with Crippen molar-refractivity contribution in [1.29, 1.82) is 0 Å². The monoisotopic (exact) mass is 359 g/mol. The van der Waals surface area contributed by atoms with Crippen LogP contribution in [0.25, 0.3) is 0 Å². The van der Waals surface area contributed by atoms with Gasteiger partial charge in [0.2, 0.25) is 10.0 Å². The van der Waals surface area contributed by atoms with E-state index < -0.39 is 10.0 Å². The van der Waals surface area contributed by atoms with Gasteiger partial charge in [-0.25, -0.2) is 13.2 Å². The zero-order valence-electron chi connectivity index (χ0n) is 14.7. The van der Waals surface area contributed by atoms with Gasteiger partial charge in [0.1, 0.15) is 0 Å². The van der Waals surface area contributed by atoms with Crippen LogP contribution >= 0.6 is 0 Å². The Labute approximate surface area is 145 Å². The van der Waals surface area contributed by atoms with Crippen LogP contribution in [0.5, 0.6) is 0 Å². The first-order valence-electron chi connectivity index (χ1n) is 8.90. The highest BCUT2D eigenvalue weighted by Crippen LogP contribution is 2.43. The standard InChI is InChI=1S/C16H29N3O4S/c1-23-13-14-5-6-16(19(14)24(2,21)22)7-11-18(12-8-16)15(20)17-9-3-4-10-17/h14H,3-13H2,1-2H3. The van der Waals surface area contributed by atoms with Crippen LogP contribution < -0.4 is 0 Å². The van der Waals surface area contributed by atoms with Crippen LogP contribution in [0.2, 0.25) is 0 Å². The minimum absolute atomic E-state index is 0.0779. The van der Waals surface area contributed by atoms with Gasteiger partial charge in [-0.05, 0) is 38.5 Å². The molecule has 138 valence electrons. The number of nitrogens with zero attached hydrogens (tertiary/aromatic N) is 3. The molecule has 3 fully saturated rings. The molecule has 8 heteroatoms. The summed E-state index contributed by atoms with van der Waals surface area (Å²) in [6, 6.07) is 0.0468. The highest BCUT2D eigenvalue weighted by Gasteiger charge is 2.52. The molecule has 3 saturated heterocycles. The topological polar surface area (TPSA) is 70.2 Å². The summed E-state index contributed by atoms with van der Waals surface area (Å²) in [6.45, 7) is 3.42. The van der Waals surface area contributed by atoms with E-state index in [9.17, 15) is 13.2 Å². The Balaban J connectivity index is 1.70. The Morgan fingerprint density at radius 2 is 1.67 bits per heavy atom. The lowest BCUT2D eigenvalue weighted by Gasteiger charge is -2.45. The Morgan fingerprint density at radius 3 is 2.21 bits per heavy atom. The summed E-state index contributed by atoms with van der Waals surface area (Å²) in [4.78, 5) is 16.4. The summed E-state index contributed by atoms with van der Waals surface area (Å²) in [6.07, 6.45) is 6.61. The smallest absolute Gasteiger partial charge is 0.319 e. The molecule has 24 heavy (non-hydrogen) atoms. The van der Waals surface area contributed by atoms with Crippen molar-refractivity contribution in [3.8, 4) is 0 Å². The zero-order chi connectivity index (χ0) is 17.4. The highest BCUT2D eigenvalue weighted by molar-refractivity contribution is 7.88. The Morgan fingerprint density at radius 1 is 1.08 bits per heavy atom. The third kappa shape index (κ3) is 3.28. The molecule has 3 heterocycles. The normalized spacial score (nSPS) is 28.0. The molecule has 0 aromatic rings. The number of likely N-dealkylation sites (tertiary alicyclic amines) is 2. The van der Waals surface area contributed by atoms with Crippen molar-refractivity contribution in [2.45, 2.75) is 50.1 Å². The summed E-state index contributed by atoms with van der Waals surface area (Å²) in [5.74, 6) is 0. The SMILES string of the molecule is COCC1CCC2(CCN(C(=O)N3CCCC3)CC2)N1S(C)(=O)=O. The molecule has 7 nitrogen and oxygen atoms in total. The number of rotatable bonds is 3. The van der Waals surface area contributed by atoms with Crippen LogP contribution in [0.1, 0.15) is 38.5 Å². The maximum absolute atomic E-state index is 12.5. The van der Waals surface area contributed by atoms with Crippen LogP contribution in [-0.4, -0.2) is 86.3 Å².